The van der Waals surface area contributed by atoms with Crippen molar-refractivity contribution < 1.29 is 33.2 Å². The minimum atomic E-state index is -1.10. The number of likely N-dealkylation sites (tertiary alicyclic amines) is 1. The van der Waals surface area contributed by atoms with Gasteiger partial charge in [0.05, 0.1) is 36.8 Å². The van der Waals surface area contributed by atoms with Crippen LogP contribution in [0.4, 0.5) is 27.3 Å². The summed E-state index contributed by atoms with van der Waals surface area (Å²) in [6.07, 6.45) is 3.41. The lowest BCUT2D eigenvalue weighted by Gasteiger charge is -2.17. The Morgan fingerprint density at radius 3 is 2.67 bits per heavy atom. The molecule has 4 aromatic rings. The number of benzene rings is 3. The van der Waals surface area contributed by atoms with Gasteiger partial charge in [-0.3, -0.25) is 9.69 Å². The van der Waals surface area contributed by atoms with Gasteiger partial charge in [-0.1, -0.05) is 0 Å². The van der Waals surface area contributed by atoms with E-state index in [1.807, 2.05) is 24.9 Å². The summed E-state index contributed by atoms with van der Waals surface area (Å²) < 4.78 is 37.4. The van der Waals surface area contributed by atoms with Gasteiger partial charge in [0, 0.05) is 29.6 Å². The fourth-order valence-electron chi connectivity index (χ4n) is 5.39. The molecule has 2 aliphatic heterocycles. The number of carbonyl (C=O) groups is 1. The van der Waals surface area contributed by atoms with Gasteiger partial charge < -0.3 is 40.0 Å². The zero-order chi connectivity index (χ0) is 31.7. The Morgan fingerprint density at radius 2 is 1.91 bits per heavy atom. The molecule has 0 saturated carbocycles. The molecule has 2 aliphatic rings. The normalized spacial score (nSPS) is 17.8. The highest BCUT2D eigenvalue weighted by Crippen LogP contribution is 2.41. The minimum absolute atomic E-state index is 0.122. The number of anilines is 4. The quantitative estimate of drug-likeness (QED) is 0.178. The number of aliphatic hydroxyl groups is 1. The van der Waals surface area contributed by atoms with Crippen LogP contribution in [-0.4, -0.2) is 66.1 Å². The van der Waals surface area contributed by atoms with Crippen LogP contribution in [-0.2, 0) is 4.79 Å². The first-order valence-corrected chi connectivity index (χ1v) is 14.3. The van der Waals surface area contributed by atoms with Crippen molar-refractivity contribution in [2.24, 2.45) is 0 Å². The van der Waals surface area contributed by atoms with E-state index in [4.69, 9.17) is 18.9 Å². The van der Waals surface area contributed by atoms with E-state index in [1.54, 1.807) is 43.5 Å². The number of nitrogens with zero attached hydrogens (tertiary/aromatic N) is 3. The van der Waals surface area contributed by atoms with Crippen molar-refractivity contribution in [2.75, 3.05) is 43.8 Å². The predicted octanol–water partition coefficient (Wildman–Crippen LogP) is 5.46. The smallest absolute Gasteiger partial charge is 0.284 e. The van der Waals surface area contributed by atoms with Gasteiger partial charge in [-0.05, 0) is 69.3 Å². The lowest BCUT2D eigenvalue weighted by molar-refractivity contribution is -0.114. The predicted molar refractivity (Wildman–Crippen MR) is 167 cm³/mol. The number of likely N-dealkylation sites (N-methyl/N-ethyl adjacent to an activating group) is 1. The van der Waals surface area contributed by atoms with Crippen molar-refractivity contribution in [3.63, 3.8) is 0 Å². The fourth-order valence-corrected chi connectivity index (χ4v) is 5.39. The van der Waals surface area contributed by atoms with Gasteiger partial charge in [0.1, 0.15) is 40.9 Å². The monoisotopic (exact) mass is 616 g/mol. The summed E-state index contributed by atoms with van der Waals surface area (Å²) in [6.45, 7) is 2.75. The molecule has 1 amide bonds. The van der Waals surface area contributed by atoms with Crippen LogP contribution in [0.25, 0.3) is 10.9 Å². The van der Waals surface area contributed by atoms with Crippen LogP contribution in [0.1, 0.15) is 18.4 Å². The van der Waals surface area contributed by atoms with Crippen LogP contribution in [0, 0.1) is 6.92 Å². The number of fused-ring (bicyclic) bond motifs is 2. The Balaban J connectivity index is 1.27. The molecule has 6 rings (SSSR count). The van der Waals surface area contributed by atoms with E-state index in [0.29, 0.717) is 56.8 Å². The Bertz CT molecular complexity index is 1800. The molecule has 1 unspecified atom stereocenters. The van der Waals surface area contributed by atoms with Crippen molar-refractivity contribution in [1.82, 2.24) is 14.9 Å². The molecule has 1 fully saturated rings. The number of halogens is 1. The van der Waals surface area contributed by atoms with Crippen molar-refractivity contribution in [3.05, 3.63) is 66.3 Å². The van der Waals surface area contributed by atoms with E-state index >= 15 is 0 Å². The molecule has 13 heteroatoms. The molecular weight excluding hydrogens is 583 g/mol. The third-order valence-corrected chi connectivity index (χ3v) is 7.78. The number of methoxy groups -OCH3 is 2. The second-order valence-corrected chi connectivity index (χ2v) is 10.8. The average molecular weight is 617 g/mol. The molecule has 12 nitrogen and oxygen atoms in total. The first kappa shape index (κ1) is 29.9. The van der Waals surface area contributed by atoms with E-state index in [2.05, 4.69) is 25.9 Å². The van der Waals surface area contributed by atoms with Crippen LogP contribution in [0.5, 0.6) is 28.7 Å². The minimum Gasteiger partial charge on any atom is -0.494 e. The second kappa shape index (κ2) is 12.5. The Morgan fingerprint density at radius 1 is 1.11 bits per heavy atom. The number of hydrogen-bond donors (Lipinski definition) is 4. The van der Waals surface area contributed by atoms with E-state index in [0.717, 1.165) is 24.9 Å². The van der Waals surface area contributed by atoms with Gasteiger partial charge in [0.25, 0.3) is 12.3 Å². The maximum atomic E-state index is 14.9. The summed E-state index contributed by atoms with van der Waals surface area (Å²) in [5.74, 6) is 1.12. The van der Waals surface area contributed by atoms with E-state index in [-0.39, 0.29) is 11.7 Å². The molecule has 0 radical (unpaired) electrons. The maximum absolute atomic E-state index is 14.9. The summed E-state index contributed by atoms with van der Waals surface area (Å²) in [4.78, 5) is 23.6. The van der Waals surface area contributed by atoms with Gasteiger partial charge >= 0.3 is 0 Å². The van der Waals surface area contributed by atoms with Gasteiger partial charge in [-0.2, -0.15) is 0 Å². The summed E-state index contributed by atoms with van der Waals surface area (Å²) in [6, 6.07) is 12.0. The summed E-state index contributed by atoms with van der Waals surface area (Å²) in [7, 11) is 4.91. The van der Waals surface area contributed by atoms with Crippen molar-refractivity contribution in [3.8, 4) is 28.7 Å². The molecule has 3 heterocycles. The number of rotatable bonds is 9. The summed E-state index contributed by atoms with van der Waals surface area (Å²) in [5, 5.41) is 19.0. The highest BCUT2D eigenvalue weighted by molar-refractivity contribution is 6.05. The number of aryl methyl sites for hydroxylation is 1. The number of amides is 1. The first-order valence-electron chi connectivity index (χ1n) is 14.3. The second-order valence-electron chi connectivity index (χ2n) is 10.8. The number of nitrogens with one attached hydrogen (secondary N) is 3. The molecule has 2 atom stereocenters. The third kappa shape index (κ3) is 6.26. The van der Waals surface area contributed by atoms with Crippen molar-refractivity contribution in [2.45, 2.75) is 32.2 Å². The molecule has 0 aliphatic carbocycles. The van der Waals surface area contributed by atoms with E-state index < -0.39 is 18.1 Å². The van der Waals surface area contributed by atoms with E-state index in [1.165, 1.54) is 19.5 Å². The highest BCUT2D eigenvalue weighted by Gasteiger charge is 2.23. The van der Waals surface area contributed by atoms with Crippen LogP contribution >= 0.6 is 0 Å². The SMILES string of the molecule is COc1cc2ncnc(Nc3cc(C)c(Oc4ccc5c(c4)NC(O)O5)cc3OC)c2cc1NC(=O)/C(F)=C\[C@H]1CCCN1C. The number of ether oxygens (including phenoxy) is 4. The Kier molecular flexibility index (Phi) is 8.28. The topological polar surface area (TPSA) is 139 Å². The van der Waals surface area contributed by atoms with Gasteiger partial charge in [0.2, 0.25) is 0 Å². The Hall–Kier alpha value is -5.14. The molecular formula is C32H33FN6O6. The zero-order valence-corrected chi connectivity index (χ0v) is 25.2. The first-order chi connectivity index (χ1) is 21.7. The molecule has 0 bridgehead atoms. The number of aromatic nitrogens is 2. The molecule has 45 heavy (non-hydrogen) atoms. The summed E-state index contributed by atoms with van der Waals surface area (Å²) in [5.41, 5.74) is 2.83. The number of carbonyl (C=O) groups excluding carboxylic acids is 1. The standard InChI is InChI=1S/C32H33FN6O6/c1-17-10-23(29(43-4)15-27(17)44-19-7-8-26-24(12-19)38-32(41)45-26)36-30-20-13-25(28(42-3)14-22(20)34-16-35-30)37-31(40)21(33)11-18-6-5-9-39(18)2/h7-8,10-16,18,32,38,41H,5-6,9H2,1-4H3,(H,37,40)(H,34,35,36)/b21-11+/t18-,32?/m1/s1. The molecule has 1 aromatic heterocycles. The van der Waals surface area contributed by atoms with Gasteiger partial charge in [-0.15, -0.1) is 0 Å². The molecule has 234 valence electrons. The zero-order valence-electron chi connectivity index (χ0n) is 25.2. The lowest BCUT2D eigenvalue weighted by atomic mass is 10.1. The van der Waals surface area contributed by atoms with Crippen molar-refractivity contribution >= 4 is 39.7 Å². The van der Waals surface area contributed by atoms with Crippen molar-refractivity contribution in [1.29, 1.82) is 0 Å². The largest absolute Gasteiger partial charge is 0.494 e. The molecule has 4 N–H and O–H groups in total. The molecule has 0 spiro atoms. The maximum Gasteiger partial charge on any atom is 0.284 e. The van der Waals surface area contributed by atoms with Crippen LogP contribution < -0.4 is 34.9 Å². The lowest BCUT2D eigenvalue weighted by Crippen LogP contribution is -2.24. The van der Waals surface area contributed by atoms with Gasteiger partial charge in [0.15, 0.2) is 5.83 Å². The van der Waals surface area contributed by atoms with Crippen LogP contribution in [0.3, 0.4) is 0 Å². The third-order valence-electron chi connectivity index (χ3n) is 7.78. The van der Waals surface area contributed by atoms with Gasteiger partial charge in [-0.25, -0.2) is 14.4 Å². The summed E-state index contributed by atoms with van der Waals surface area (Å²) >= 11 is 0. The van der Waals surface area contributed by atoms with E-state index in [9.17, 15) is 14.3 Å². The Labute approximate surface area is 258 Å². The van der Waals surface area contributed by atoms with Crippen LogP contribution in [0.15, 0.2) is 60.7 Å². The molecule has 3 aromatic carbocycles. The fraction of sp³-hybridized carbons (Fsp3) is 0.281. The number of aliphatic hydroxyl groups excluding tert-OH is 1. The van der Waals surface area contributed by atoms with Crippen LogP contribution in [0.2, 0.25) is 0 Å². The number of hydrogen-bond acceptors (Lipinski definition) is 11. The highest BCUT2D eigenvalue weighted by atomic mass is 19.1. The average Bonchev–Trinajstić information content (AvgIpc) is 3.61. The molecule has 1 saturated heterocycles.